The average Bonchev–Trinajstić information content (AvgIpc) is 3.46. The van der Waals surface area contributed by atoms with Crippen LogP contribution in [0.3, 0.4) is 0 Å². The van der Waals surface area contributed by atoms with Crippen molar-refractivity contribution >= 4 is 17.3 Å². The van der Waals surface area contributed by atoms with Crippen LogP contribution in [0.4, 0.5) is 39.5 Å². The fourth-order valence-electron chi connectivity index (χ4n) is 3.65. The Morgan fingerprint density at radius 2 is 1.54 bits per heavy atom. The molecule has 1 N–H and O–H groups in total. The molecule has 0 fully saturated rings. The first-order chi connectivity index (χ1) is 17.0. The van der Waals surface area contributed by atoms with E-state index < -0.39 is 58.9 Å². The van der Waals surface area contributed by atoms with Crippen LogP contribution >= 0.6 is 0 Å². The number of carbonyl (C=O) groups is 1. The van der Waals surface area contributed by atoms with Gasteiger partial charge in [0.25, 0.3) is 5.60 Å². The van der Waals surface area contributed by atoms with E-state index in [2.05, 4.69) is 15.0 Å². The van der Waals surface area contributed by atoms with Gasteiger partial charge in [0.15, 0.2) is 5.65 Å². The third kappa shape index (κ3) is 4.93. The normalized spacial score (nSPS) is 18.2. The fourth-order valence-corrected chi connectivity index (χ4v) is 3.65. The molecule has 0 bridgehead atoms. The molecular weight excluding hydrogens is 525 g/mol. The molecule has 1 unspecified atom stereocenters. The first kappa shape index (κ1) is 27.8. The van der Waals surface area contributed by atoms with Gasteiger partial charge in [-0.2, -0.15) is 39.5 Å². The zero-order valence-electron chi connectivity index (χ0n) is 18.8. The molecule has 3 heterocycles. The van der Waals surface area contributed by atoms with Crippen LogP contribution in [0.25, 0.3) is 5.65 Å². The molecule has 1 aromatic carbocycles. The van der Waals surface area contributed by atoms with Crippen LogP contribution in [0.15, 0.2) is 47.9 Å². The molecule has 4 rings (SSSR count). The maximum Gasteiger partial charge on any atom is 0.435 e. The van der Waals surface area contributed by atoms with Gasteiger partial charge in [0.1, 0.15) is 11.3 Å². The van der Waals surface area contributed by atoms with Crippen molar-refractivity contribution in [3.63, 3.8) is 0 Å². The highest BCUT2D eigenvalue weighted by Gasteiger charge is 2.63. The van der Waals surface area contributed by atoms with Crippen LogP contribution in [0, 0.1) is 0 Å². The Kier molecular flexibility index (Phi) is 6.96. The molecule has 15 heteroatoms. The Hall–Kier alpha value is -3.78. The van der Waals surface area contributed by atoms with E-state index in [9.17, 15) is 49.4 Å². The molecule has 0 saturated heterocycles. The number of benzene rings is 1. The molecule has 0 saturated carbocycles. The van der Waals surface area contributed by atoms with Crippen LogP contribution in [-0.2, 0) is 22.8 Å². The lowest BCUT2D eigenvalue weighted by Crippen LogP contribution is -2.43. The number of rotatable bonds is 3. The number of aromatic nitrogens is 2. The zero-order valence-corrected chi connectivity index (χ0v) is 18.8. The minimum Gasteiger partial charge on any atom is -0.478 e. The smallest absolute Gasteiger partial charge is 0.435 e. The fraction of sp³-hybridized carbons (Fsp3) is 0.318. The van der Waals surface area contributed by atoms with Crippen LogP contribution in [-0.4, -0.2) is 32.3 Å². The first-order valence-corrected chi connectivity index (χ1v) is 10.4. The summed E-state index contributed by atoms with van der Waals surface area (Å²) in [6.45, 7) is 4.00. The Morgan fingerprint density at radius 1 is 0.973 bits per heavy atom. The highest BCUT2D eigenvalue weighted by Crippen LogP contribution is 2.50. The molecule has 1 atom stereocenters. The molecule has 0 spiro atoms. The van der Waals surface area contributed by atoms with Crippen molar-refractivity contribution < 1.29 is 54.3 Å². The monoisotopic (exact) mass is 541 g/mol. The van der Waals surface area contributed by atoms with E-state index in [4.69, 9.17) is 0 Å². The predicted octanol–water partition coefficient (Wildman–Crippen LogP) is 6.68. The van der Waals surface area contributed by atoms with Crippen molar-refractivity contribution in [2.75, 3.05) is 0 Å². The van der Waals surface area contributed by atoms with Crippen molar-refractivity contribution in [1.29, 1.82) is 0 Å². The van der Waals surface area contributed by atoms with Gasteiger partial charge in [-0.3, -0.25) is 4.40 Å². The van der Waals surface area contributed by atoms with Gasteiger partial charge < -0.3 is 9.94 Å². The lowest BCUT2D eigenvalue weighted by atomic mass is 9.85. The highest BCUT2D eigenvalue weighted by molar-refractivity contribution is 6.03. The van der Waals surface area contributed by atoms with Gasteiger partial charge in [0.05, 0.1) is 23.2 Å². The molecular formula is C22H16F9N3O3. The number of hydrogen-bond donors (Lipinski definition) is 1. The standard InChI is InChI=1S/C20H10F9N3O3.C2H6/c21-18(22,23)10-5-9(6-11(7-10)19(24,25)26)17(20(27,28)29)8-13(31-35-17)14-2-1-12(16(33)34)15-30-3-4-32(14)15;1-2/h1-7H,8H2,(H,33,34);1-2H3. The van der Waals surface area contributed by atoms with Crippen molar-refractivity contribution in [1.82, 2.24) is 9.38 Å². The summed E-state index contributed by atoms with van der Waals surface area (Å²) in [6.07, 6.45) is -15.2. The second-order valence-electron chi connectivity index (χ2n) is 7.48. The molecule has 0 amide bonds. The molecule has 200 valence electrons. The van der Waals surface area contributed by atoms with Gasteiger partial charge in [-0.25, -0.2) is 9.78 Å². The van der Waals surface area contributed by atoms with E-state index in [1.54, 1.807) is 0 Å². The summed E-state index contributed by atoms with van der Waals surface area (Å²) in [7, 11) is 0. The number of imidazole rings is 1. The molecule has 3 aromatic rings. The lowest BCUT2D eigenvalue weighted by molar-refractivity contribution is -0.276. The summed E-state index contributed by atoms with van der Waals surface area (Å²) in [5.41, 5.74) is -10.2. The van der Waals surface area contributed by atoms with Gasteiger partial charge in [0, 0.05) is 18.0 Å². The van der Waals surface area contributed by atoms with Crippen molar-refractivity contribution in [3.05, 3.63) is 70.7 Å². The molecule has 2 aromatic heterocycles. The number of oxime groups is 1. The number of carboxylic acids is 1. The molecule has 6 nitrogen and oxygen atoms in total. The van der Waals surface area contributed by atoms with Crippen LogP contribution in [0.5, 0.6) is 0 Å². The van der Waals surface area contributed by atoms with Gasteiger partial charge in [-0.05, 0) is 30.3 Å². The maximum atomic E-state index is 14.2. The molecule has 1 aliphatic heterocycles. The van der Waals surface area contributed by atoms with Gasteiger partial charge in [0.2, 0.25) is 0 Å². The summed E-state index contributed by atoms with van der Waals surface area (Å²) in [5, 5.41) is 12.6. The molecule has 0 radical (unpaired) electrons. The molecule has 37 heavy (non-hydrogen) atoms. The number of aromatic carboxylic acids is 1. The number of pyridine rings is 1. The summed E-state index contributed by atoms with van der Waals surface area (Å²) >= 11 is 0. The SMILES string of the molecule is CC.O=C(O)c1ccc(C2=NOC(c3cc(C(F)(F)F)cc(C(F)(F)F)c3)(C(F)(F)F)C2)n2ccnc12. The quantitative estimate of drug-likeness (QED) is 0.376. The van der Waals surface area contributed by atoms with Crippen LogP contribution < -0.4 is 0 Å². The van der Waals surface area contributed by atoms with E-state index in [0.29, 0.717) is 0 Å². The number of hydrogen-bond acceptors (Lipinski definition) is 4. The van der Waals surface area contributed by atoms with Crippen LogP contribution in [0.2, 0.25) is 0 Å². The largest absolute Gasteiger partial charge is 0.478 e. The molecule has 0 aliphatic carbocycles. The lowest BCUT2D eigenvalue weighted by Gasteiger charge is -2.30. The van der Waals surface area contributed by atoms with E-state index >= 15 is 0 Å². The summed E-state index contributed by atoms with van der Waals surface area (Å²) < 4.78 is 123. The Balaban J connectivity index is 0.00000186. The number of nitrogens with zero attached hydrogens (tertiary/aromatic N) is 3. The summed E-state index contributed by atoms with van der Waals surface area (Å²) in [5.74, 6) is -1.40. The number of halogens is 9. The average molecular weight is 541 g/mol. The topological polar surface area (TPSA) is 76.2 Å². The van der Waals surface area contributed by atoms with Crippen molar-refractivity contribution in [3.8, 4) is 0 Å². The van der Waals surface area contributed by atoms with Crippen molar-refractivity contribution in [2.24, 2.45) is 5.16 Å². The zero-order chi connectivity index (χ0) is 28.0. The Bertz CT molecular complexity index is 1330. The predicted molar refractivity (Wildman–Crippen MR) is 110 cm³/mol. The number of alkyl halides is 9. The van der Waals surface area contributed by atoms with Gasteiger partial charge in [-0.1, -0.05) is 19.0 Å². The minimum absolute atomic E-state index is 0.0679. The van der Waals surface area contributed by atoms with Crippen molar-refractivity contribution in [2.45, 2.75) is 44.4 Å². The first-order valence-electron chi connectivity index (χ1n) is 10.4. The van der Waals surface area contributed by atoms with E-state index in [-0.39, 0.29) is 35.1 Å². The second-order valence-corrected chi connectivity index (χ2v) is 7.48. The minimum atomic E-state index is -5.50. The van der Waals surface area contributed by atoms with E-state index in [1.165, 1.54) is 6.20 Å². The van der Waals surface area contributed by atoms with Gasteiger partial charge in [-0.15, -0.1) is 0 Å². The maximum absolute atomic E-state index is 14.2. The third-order valence-corrected chi connectivity index (χ3v) is 5.32. The number of fused-ring (bicyclic) bond motifs is 1. The second kappa shape index (κ2) is 9.27. The van der Waals surface area contributed by atoms with Crippen LogP contribution in [0.1, 0.15) is 53.0 Å². The third-order valence-electron chi connectivity index (χ3n) is 5.32. The van der Waals surface area contributed by atoms with E-state index in [0.717, 1.165) is 22.7 Å². The number of carboxylic acid groups (broad SMARTS) is 1. The Labute approximate surface area is 202 Å². The Morgan fingerprint density at radius 3 is 2.03 bits per heavy atom. The highest BCUT2D eigenvalue weighted by atomic mass is 19.4. The summed E-state index contributed by atoms with van der Waals surface area (Å²) in [6, 6.07) is 1.65. The molecule has 1 aliphatic rings. The van der Waals surface area contributed by atoms with Gasteiger partial charge >= 0.3 is 24.5 Å². The van der Waals surface area contributed by atoms with E-state index in [1.807, 2.05) is 13.8 Å². The summed E-state index contributed by atoms with van der Waals surface area (Å²) in [4.78, 5) is 19.7.